The van der Waals surface area contributed by atoms with Crippen LogP contribution < -0.4 is 11.1 Å². The third-order valence-corrected chi connectivity index (χ3v) is 2.27. The molecule has 1 amide bonds. The number of nitrogens with zero attached hydrogens (tertiary/aromatic N) is 1. The predicted octanol–water partition coefficient (Wildman–Crippen LogP) is 1.95. The monoisotopic (exact) mass is 251 g/mol. The Morgan fingerprint density at radius 1 is 1.44 bits per heavy atom. The van der Waals surface area contributed by atoms with Crippen LogP contribution in [0.3, 0.4) is 0 Å². The van der Waals surface area contributed by atoms with Crippen molar-refractivity contribution in [2.24, 2.45) is 5.41 Å². The second-order valence-corrected chi connectivity index (χ2v) is 5.27. The second-order valence-electron chi connectivity index (χ2n) is 5.27. The summed E-state index contributed by atoms with van der Waals surface area (Å²) in [4.78, 5) is 22.0. The molecular formula is C12H17N3O3. The lowest BCUT2D eigenvalue weighted by atomic mass is 9.97. The molecule has 0 aliphatic rings. The standard InChI is InChI=1S/C12H17N3O3/c1-12(2,3)7-14-11(16)9-6-8(15(17)18)4-5-10(9)13/h4-6H,7,13H2,1-3H3,(H,14,16). The highest BCUT2D eigenvalue weighted by Crippen LogP contribution is 2.20. The number of nitrogen functional groups attached to an aromatic ring is 1. The van der Waals surface area contributed by atoms with Crippen molar-refractivity contribution < 1.29 is 9.72 Å². The summed E-state index contributed by atoms with van der Waals surface area (Å²) in [6, 6.07) is 3.83. The van der Waals surface area contributed by atoms with Crippen molar-refractivity contribution in [3.63, 3.8) is 0 Å². The van der Waals surface area contributed by atoms with Gasteiger partial charge in [0.1, 0.15) is 0 Å². The van der Waals surface area contributed by atoms with Gasteiger partial charge in [-0.3, -0.25) is 14.9 Å². The Balaban J connectivity index is 2.91. The molecule has 0 saturated heterocycles. The van der Waals surface area contributed by atoms with Crippen LogP contribution in [-0.4, -0.2) is 17.4 Å². The van der Waals surface area contributed by atoms with Gasteiger partial charge in [-0.2, -0.15) is 0 Å². The van der Waals surface area contributed by atoms with Gasteiger partial charge in [0.25, 0.3) is 11.6 Å². The lowest BCUT2D eigenvalue weighted by Crippen LogP contribution is -2.32. The summed E-state index contributed by atoms with van der Waals surface area (Å²) in [7, 11) is 0. The van der Waals surface area contributed by atoms with Crippen molar-refractivity contribution in [1.29, 1.82) is 0 Å². The Morgan fingerprint density at radius 2 is 2.06 bits per heavy atom. The molecule has 0 heterocycles. The Kier molecular flexibility index (Phi) is 3.90. The molecule has 1 aromatic rings. The first-order valence-electron chi connectivity index (χ1n) is 5.53. The number of amides is 1. The average Bonchev–Trinajstić information content (AvgIpc) is 2.25. The fraction of sp³-hybridized carbons (Fsp3) is 0.417. The molecule has 1 rings (SSSR count). The first-order chi connectivity index (χ1) is 8.20. The maximum atomic E-state index is 11.9. The van der Waals surface area contributed by atoms with Crippen LogP contribution in [0.15, 0.2) is 18.2 Å². The van der Waals surface area contributed by atoms with Crippen LogP contribution in [0.25, 0.3) is 0 Å². The zero-order valence-electron chi connectivity index (χ0n) is 10.7. The third kappa shape index (κ3) is 3.73. The van der Waals surface area contributed by atoms with E-state index in [4.69, 9.17) is 5.73 Å². The molecule has 6 heteroatoms. The summed E-state index contributed by atoms with van der Waals surface area (Å²) in [5, 5.41) is 13.3. The molecule has 18 heavy (non-hydrogen) atoms. The van der Waals surface area contributed by atoms with Gasteiger partial charge in [-0.05, 0) is 11.5 Å². The fourth-order valence-corrected chi connectivity index (χ4v) is 1.30. The van der Waals surface area contributed by atoms with Gasteiger partial charge in [0.2, 0.25) is 0 Å². The molecule has 3 N–H and O–H groups in total. The highest BCUT2D eigenvalue weighted by Gasteiger charge is 2.17. The van der Waals surface area contributed by atoms with Gasteiger partial charge in [0.15, 0.2) is 0 Å². The van der Waals surface area contributed by atoms with E-state index >= 15 is 0 Å². The first-order valence-corrected chi connectivity index (χ1v) is 5.53. The number of nitrogens with one attached hydrogen (secondary N) is 1. The van der Waals surface area contributed by atoms with Crippen molar-refractivity contribution in [1.82, 2.24) is 5.32 Å². The minimum Gasteiger partial charge on any atom is -0.398 e. The summed E-state index contributed by atoms with van der Waals surface area (Å²) < 4.78 is 0. The van der Waals surface area contributed by atoms with E-state index in [1.54, 1.807) is 0 Å². The van der Waals surface area contributed by atoms with E-state index in [0.29, 0.717) is 6.54 Å². The third-order valence-electron chi connectivity index (χ3n) is 2.27. The smallest absolute Gasteiger partial charge is 0.270 e. The van der Waals surface area contributed by atoms with Crippen LogP contribution in [0.2, 0.25) is 0 Å². The number of benzene rings is 1. The molecule has 0 unspecified atom stereocenters. The molecule has 0 bridgehead atoms. The summed E-state index contributed by atoms with van der Waals surface area (Å²) in [6.07, 6.45) is 0. The van der Waals surface area contributed by atoms with Gasteiger partial charge in [0.05, 0.1) is 10.5 Å². The molecule has 0 spiro atoms. The predicted molar refractivity (Wildman–Crippen MR) is 69.3 cm³/mol. The molecule has 0 atom stereocenters. The van der Waals surface area contributed by atoms with Gasteiger partial charge in [-0.25, -0.2) is 0 Å². The van der Waals surface area contributed by atoms with Crippen molar-refractivity contribution in [3.8, 4) is 0 Å². The van der Waals surface area contributed by atoms with E-state index in [0.717, 1.165) is 0 Å². The van der Waals surface area contributed by atoms with Gasteiger partial charge in [-0.15, -0.1) is 0 Å². The number of nitro groups is 1. The minimum atomic E-state index is -0.556. The van der Waals surface area contributed by atoms with E-state index in [-0.39, 0.29) is 22.4 Å². The summed E-state index contributed by atoms with van der Waals surface area (Å²) in [5.41, 5.74) is 5.80. The number of nitrogens with two attached hydrogens (primary N) is 1. The first kappa shape index (κ1) is 14.0. The highest BCUT2D eigenvalue weighted by molar-refractivity contribution is 5.99. The fourth-order valence-electron chi connectivity index (χ4n) is 1.30. The molecule has 0 aromatic heterocycles. The van der Waals surface area contributed by atoms with Crippen molar-refractivity contribution in [2.75, 3.05) is 12.3 Å². The zero-order chi connectivity index (χ0) is 13.9. The topological polar surface area (TPSA) is 98.3 Å². The van der Waals surface area contributed by atoms with Crippen molar-refractivity contribution >= 4 is 17.3 Å². The summed E-state index contributed by atoms with van der Waals surface area (Å²) in [6.45, 7) is 6.40. The molecule has 0 radical (unpaired) electrons. The van der Waals surface area contributed by atoms with E-state index in [1.807, 2.05) is 20.8 Å². The van der Waals surface area contributed by atoms with E-state index in [9.17, 15) is 14.9 Å². The molecule has 0 aliphatic carbocycles. The maximum Gasteiger partial charge on any atom is 0.270 e. The number of carbonyl (C=O) groups is 1. The Bertz CT molecular complexity index is 478. The quantitative estimate of drug-likeness (QED) is 0.487. The Labute approximate surface area is 105 Å². The Morgan fingerprint density at radius 3 is 2.56 bits per heavy atom. The number of hydrogen-bond acceptors (Lipinski definition) is 4. The molecule has 98 valence electrons. The van der Waals surface area contributed by atoms with Gasteiger partial charge >= 0.3 is 0 Å². The van der Waals surface area contributed by atoms with Gasteiger partial charge in [0, 0.05) is 24.4 Å². The average molecular weight is 251 g/mol. The normalized spacial score (nSPS) is 11.1. The maximum absolute atomic E-state index is 11.9. The SMILES string of the molecule is CC(C)(C)CNC(=O)c1cc([N+](=O)[O-])ccc1N. The summed E-state index contributed by atoms with van der Waals surface area (Å²) in [5.74, 6) is -0.397. The largest absolute Gasteiger partial charge is 0.398 e. The molecule has 0 saturated carbocycles. The van der Waals surface area contributed by atoms with Crippen LogP contribution in [0.5, 0.6) is 0 Å². The zero-order valence-corrected chi connectivity index (χ0v) is 10.7. The van der Waals surface area contributed by atoms with Crippen LogP contribution in [-0.2, 0) is 0 Å². The van der Waals surface area contributed by atoms with Crippen LogP contribution in [0.4, 0.5) is 11.4 Å². The van der Waals surface area contributed by atoms with E-state index in [1.165, 1.54) is 18.2 Å². The molecule has 0 fully saturated rings. The van der Waals surface area contributed by atoms with E-state index < -0.39 is 10.8 Å². The molecule has 6 nitrogen and oxygen atoms in total. The highest BCUT2D eigenvalue weighted by atomic mass is 16.6. The number of carbonyl (C=O) groups excluding carboxylic acids is 1. The number of anilines is 1. The Hall–Kier alpha value is -2.11. The lowest BCUT2D eigenvalue weighted by Gasteiger charge is -2.19. The molecule has 0 aliphatic heterocycles. The lowest BCUT2D eigenvalue weighted by molar-refractivity contribution is -0.384. The van der Waals surface area contributed by atoms with Crippen molar-refractivity contribution in [3.05, 3.63) is 33.9 Å². The van der Waals surface area contributed by atoms with Gasteiger partial charge in [-0.1, -0.05) is 20.8 Å². The number of non-ortho nitro benzene ring substituents is 1. The molecular weight excluding hydrogens is 234 g/mol. The number of rotatable bonds is 3. The number of nitro benzene ring substituents is 1. The van der Waals surface area contributed by atoms with Gasteiger partial charge < -0.3 is 11.1 Å². The van der Waals surface area contributed by atoms with Crippen LogP contribution in [0, 0.1) is 15.5 Å². The van der Waals surface area contributed by atoms with Crippen molar-refractivity contribution in [2.45, 2.75) is 20.8 Å². The van der Waals surface area contributed by atoms with Crippen LogP contribution >= 0.6 is 0 Å². The van der Waals surface area contributed by atoms with E-state index in [2.05, 4.69) is 5.32 Å². The summed E-state index contributed by atoms with van der Waals surface area (Å²) >= 11 is 0. The molecule has 1 aromatic carbocycles. The number of hydrogen-bond donors (Lipinski definition) is 2. The minimum absolute atomic E-state index is 0.0643. The van der Waals surface area contributed by atoms with Crippen LogP contribution in [0.1, 0.15) is 31.1 Å². The second kappa shape index (κ2) is 5.03.